The van der Waals surface area contributed by atoms with Gasteiger partial charge in [-0.2, -0.15) is 0 Å². The smallest absolute Gasteiger partial charge is 0.293 e. The molecule has 7 nitrogen and oxygen atoms in total. The molecule has 0 aromatic heterocycles. The van der Waals surface area contributed by atoms with Crippen LogP contribution in [0, 0.1) is 20.8 Å². The molecule has 8 heteroatoms. The molecule has 0 radical (unpaired) electrons. The summed E-state index contributed by atoms with van der Waals surface area (Å²) in [6, 6.07) is 19.0. The van der Waals surface area contributed by atoms with E-state index < -0.39 is 0 Å². The number of carbonyl (C=O) groups excluding carboxylic acids is 3. The van der Waals surface area contributed by atoms with E-state index in [1.54, 1.807) is 30.3 Å². The number of hydrogen-bond donors (Lipinski definition) is 1. The van der Waals surface area contributed by atoms with Gasteiger partial charge in [-0.15, -0.1) is 0 Å². The van der Waals surface area contributed by atoms with Gasteiger partial charge in [0.2, 0.25) is 0 Å². The van der Waals surface area contributed by atoms with Gasteiger partial charge in [-0.1, -0.05) is 50.2 Å². The Morgan fingerprint density at radius 2 is 1.65 bits per heavy atom. The quantitative estimate of drug-likeness (QED) is 0.274. The zero-order valence-electron chi connectivity index (χ0n) is 23.4. The first kappa shape index (κ1) is 29.0. The topological polar surface area (TPSA) is 84.9 Å². The number of ether oxygens (including phenoxy) is 2. The highest BCUT2D eigenvalue weighted by Gasteiger charge is 2.34. The van der Waals surface area contributed by atoms with Crippen LogP contribution >= 0.6 is 11.8 Å². The lowest BCUT2D eigenvalue weighted by molar-refractivity contribution is -0.123. The molecule has 0 bridgehead atoms. The molecule has 1 heterocycles. The molecule has 1 fully saturated rings. The maximum atomic E-state index is 12.9. The number of carbonyl (C=O) groups is 3. The Hall–Kier alpha value is -4.04. The van der Waals surface area contributed by atoms with Gasteiger partial charge in [-0.3, -0.25) is 19.3 Å². The van der Waals surface area contributed by atoms with E-state index in [1.165, 1.54) is 4.90 Å². The molecule has 40 heavy (non-hydrogen) atoms. The number of nitrogens with one attached hydrogen (secondary N) is 1. The summed E-state index contributed by atoms with van der Waals surface area (Å²) in [6.45, 7) is 10.4. The van der Waals surface area contributed by atoms with Crippen LogP contribution < -0.4 is 14.8 Å². The molecule has 1 aliphatic heterocycles. The average Bonchev–Trinajstić information content (AvgIpc) is 3.17. The van der Waals surface area contributed by atoms with Crippen molar-refractivity contribution < 1.29 is 23.9 Å². The van der Waals surface area contributed by atoms with E-state index in [0.717, 1.165) is 51.0 Å². The highest BCUT2D eigenvalue weighted by atomic mass is 32.2. The van der Waals surface area contributed by atoms with Gasteiger partial charge in [0.05, 0.1) is 11.4 Å². The largest absolute Gasteiger partial charge is 0.491 e. The van der Waals surface area contributed by atoms with Crippen LogP contribution in [0.3, 0.4) is 0 Å². The third kappa shape index (κ3) is 7.33. The maximum Gasteiger partial charge on any atom is 0.293 e. The van der Waals surface area contributed by atoms with Crippen LogP contribution in [-0.2, 0) is 9.59 Å². The summed E-state index contributed by atoms with van der Waals surface area (Å²) < 4.78 is 11.6. The van der Waals surface area contributed by atoms with Gasteiger partial charge in [0.1, 0.15) is 18.1 Å². The molecule has 0 saturated carbocycles. The van der Waals surface area contributed by atoms with E-state index in [9.17, 15) is 14.4 Å². The number of anilines is 1. The molecule has 3 aromatic rings. The number of amides is 3. The van der Waals surface area contributed by atoms with Crippen molar-refractivity contribution >= 4 is 40.6 Å². The van der Waals surface area contributed by atoms with Gasteiger partial charge < -0.3 is 14.8 Å². The van der Waals surface area contributed by atoms with E-state index >= 15 is 0 Å². The van der Waals surface area contributed by atoms with Crippen LogP contribution in [0.4, 0.5) is 10.5 Å². The number of thioether (sulfide) groups is 1. The summed E-state index contributed by atoms with van der Waals surface area (Å²) in [5, 5.41) is 2.55. The Bertz CT molecular complexity index is 1450. The molecule has 1 aliphatic rings. The van der Waals surface area contributed by atoms with Gasteiger partial charge in [-0.25, -0.2) is 0 Å². The molecule has 208 valence electrons. The minimum absolute atomic E-state index is 0.130. The summed E-state index contributed by atoms with van der Waals surface area (Å²) in [5.74, 6) is 1.01. The summed E-state index contributed by atoms with van der Waals surface area (Å²) in [6.07, 6.45) is 1.68. The fourth-order valence-corrected chi connectivity index (χ4v) is 5.07. The first-order valence-corrected chi connectivity index (χ1v) is 14.0. The third-order valence-corrected chi connectivity index (χ3v) is 7.36. The molecule has 0 unspecified atom stereocenters. The van der Waals surface area contributed by atoms with Crippen LogP contribution in [0.25, 0.3) is 6.08 Å². The second-order valence-corrected chi connectivity index (χ2v) is 11.1. The SMILES string of the molecule is Cc1ccc(C)c(NC(=O)COc2ccc(/C=C3\SC(=O)N(CCOc4cc(C)ccc4C(C)C)C3=O)cc2)c1. The van der Waals surface area contributed by atoms with Crippen LogP contribution in [-0.4, -0.2) is 41.7 Å². The minimum atomic E-state index is -0.338. The molecule has 4 rings (SSSR count). The van der Waals surface area contributed by atoms with Gasteiger partial charge in [-0.05, 0) is 96.6 Å². The lowest BCUT2D eigenvalue weighted by Crippen LogP contribution is -2.32. The minimum Gasteiger partial charge on any atom is -0.491 e. The third-order valence-electron chi connectivity index (χ3n) is 6.45. The molecule has 3 aromatic carbocycles. The van der Waals surface area contributed by atoms with E-state index in [4.69, 9.17) is 9.47 Å². The van der Waals surface area contributed by atoms with E-state index in [0.29, 0.717) is 16.6 Å². The molecule has 0 aliphatic carbocycles. The highest BCUT2D eigenvalue weighted by molar-refractivity contribution is 8.18. The Labute approximate surface area is 239 Å². The Balaban J connectivity index is 1.30. The van der Waals surface area contributed by atoms with Gasteiger partial charge in [0.15, 0.2) is 6.61 Å². The Morgan fingerprint density at radius 1 is 0.950 bits per heavy atom. The molecular formula is C32H34N2O5S. The molecule has 0 spiro atoms. The predicted molar refractivity (Wildman–Crippen MR) is 160 cm³/mol. The number of benzene rings is 3. The summed E-state index contributed by atoms with van der Waals surface area (Å²) in [5.41, 5.74) is 5.73. The van der Waals surface area contributed by atoms with Crippen molar-refractivity contribution in [3.05, 3.63) is 93.4 Å². The Kier molecular flexibility index (Phi) is 9.32. The fraction of sp³-hybridized carbons (Fsp3) is 0.281. The van der Waals surface area contributed by atoms with Crippen molar-refractivity contribution in [1.82, 2.24) is 4.90 Å². The summed E-state index contributed by atoms with van der Waals surface area (Å²) >= 11 is 0.914. The van der Waals surface area contributed by atoms with Crippen LogP contribution in [0.2, 0.25) is 0 Å². The van der Waals surface area contributed by atoms with Crippen molar-refractivity contribution in [1.29, 1.82) is 0 Å². The predicted octanol–water partition coefficient (Wildman–Crippen LogP) is 6.87. The van der Waals surface area contributed by atoms with Gasteiger partial charge in [0, 0.05) is 5.69 Å². The van der Waals surface area contributed by atoms with Gasteiger partial charge >= 0.3 is 0 Å². The van der Waals surface area contributed by atoms with Crippen molar-refractivity contribution in [3.8, 4) is 11.5 Å². The lowest BCUT2D eigenvalue weighted by atomic mass is 10.0. The highest BCUT2D eigenvalue weighted by Crippen LogP contribution is 2.33. The number of nitrogens with zero attached hydrogens (tertiary/aromatic N) is 1. The molecule has 0 atom stereocenters. The van der Waals surface area contributed by atoms with Crippen LogP contribution in [0.15, 0.2) is 65.6 Å². The number of rotatable bonds is 10. The van der Waals surface area contributed by atoms with Crippen molar-refractivity contribution in [3.63, 3.8) is 0 Å². The maximum absolute atomic E-state index is 12.9. The number of imide groups is 1. The average molecular weight is 559 g/mol. The molecule has 1 saturated heterocycles. The molecular weight excluding hydrogens is 524 g/mol. The lowest BCUT2D eigenvalue weighted by Gasteiger charge is -2.17. The van der Waals surface area contributed by atoms with Crippen LogP contribution in [0.1, 0.15) is 47.6 Å². The monoisotopic (exact) mass is 558 g/mol. The van der Waals surface area contributed by atoms with E-state index in [-0.39, 0.29) is 36.8 Å². The first-order valence-electron chi connectivity index (χ1n) is 13.2. The number of aryl methyl sites for hydroxylation is 3. The second-order valence-electron chi connectivity index (χ2n) is 10.1. The zero-order valence-corrected chi connectivity index (χ0v) is 24.3. The van der Waals surface area contributed by atoms with Crippen LogP contribution in [0.5, 0.6) is 11.5 Å². The summed E-state index contributed by atoms with van der Waals surface area (Å²) in [4.78, 5) is 39.4. The standard InChI is InChI=1S/C32H34N2O5S/c1-20(2)26-13-7-22(4)17-28(26)38-15-14-34-31(36)29(40-32(34)37)18-24-9-11-25(12-10-24)39-19-30(35)33-27-16-21(3)6-8-23(27)5/h6-13,16-18,20H,14-15,19H2,1-5H3,(H,33,35)/b29-18-. The molecule has 3 amide bonds. The normalized spacial score (nSPS) is 14.2. The van der Waals surface area contributed by atoms with Crippen molar-refractivity contribution in [2.45, 2.75) is 40.5 Å². The second kappa shape index (κ2) is 12.9. The Morgan fingerprint density at radius 3 is 2.38 bits per heavy atom. The zero-order chi connectivity index (χ0) is 28.8. The van der Waals surface area contributed by atoms with Crippen molar-refractivity contribution in [2.24, 2.45) is 0 Å². The van der Waals surface area contributed by atoms with E-state index in [1.807, 2.05) is 51.1 Å². The van der Waals surface area contributed by atoms with Gasteiger partial charge in [0.25, 0.3) is 17.1 Å². The number of hydrogen-bond acceptors (Lipinski definition) is 6. The molecule has 1 N–H and O–H groups in total. The fourth-order valence-electron chi connectivity index (χ4n) is 4.20. The van der Waals surface area contributed by atoms with E-state index in [2.05, 4.69) is 25.2 Å². The summed E-state index contributed by atoms with van der Waals surface area (Å²) in [7, 11) is 0. The van der Waals surface area contributed by atoms with Crippen molar-refractivity contribution in [2.75, 3.05) is 25.1 Å². The first-order chi connectivity index (χ1) is 19.1.